The number of amides is 1. The minimum absolute atomic E-state index is 0.160. The molecule has 0 radical (unpaired) electrons. The van der Waals surface area contributed by atoms with E-state index < -0.39 is 0 Å². The van der Waals surface area contributed by atoms with Crippen LogP contribution in [0.5, 0.6) is 0 Å². The first-order chi connectivity index (χ1) is 9.10. The number of rotatable bonds is 3. The van der Waals surface area contributed by atoms with Crippen molar-refractivity contribution in [3.05, 3.63) is 50.4 Å². The van der Waals surface area contributed by atoms with Crippen LogP contribution >= 0.6 is 27.3 Å². The zero-order valence-corrected chi connectivity index (χ0v) is 12.5. The van der Waals surface area contributed by atoms with Gasteiger partial charge < -0.3 is 4.90 Å². The maximum absolute atomic E-state index is 12.1. The van der Waals surface area contributed by atoms with E-state index >= 15 is 0 Å². The van der Waals surface area contributed by atoms with Crippen molar-refractivity contribution >= 4 is 33.2 Å². The molecule has 0 aliphatic carbocycles. The van der Waals surface area contributed by atoms with Crippen LogP contribution in [-0.2, 0) is 6.54 Å². The Hall–Kier alpha value is -1.71. The van der Waals surface area contributed by atoms with Gasteiger partial charge in [0.15, 0.2) is 0 Å². The minimum Gasteiger partial charge on any atom is -0.336 e. The lowest BCUT2D eigenvalue weighted by Gasteiger charge is -2.15. The highest BCUT2D eigenvalue weighted by Crippen LogP contribution is 2.21. The third-order valence-corrected chi connectivity index (χ3v) is 4.05. The van der Waals surface area contributed by atoms with Crippen LogP contribution in [0.2, 0.25) is 0 Å². The molecule has 0 N–H and O–H groups in total. The highest BCUT2D eigenvalue weighted by atomic mass is 79.9. The fourth-order valence-corrected chi connectivity index (χ4v) is 2.76. The smallest absolute Gasteiger partial charge is 0.272 e. The molecule has 19 heavy (non-hydrogen) atoms. The lowest BCUT2D eigenvalue weighted by molar-refractivity contribution is 0.0779. The summed E-state index contributed by atoms with van der Waals surface area (Å²) in [6, 6.07) is 7.12. The predicted octanol–water partition coefficient (Wildman–Crippen LogP) is 3.05. The van der Waals surface area contributed by atoms with E-state index in [2.05, 4.69) is 20.9 Å². The van der Waals surface area contributed by atoms with Crippen molar-refractivity contribution in [2.45, 2.75) is 6.54 Å². The quantitative estimate of drug-likeness (QED) is 0.866. The van der Waals surface area contributed by atoms with Gasteiger partial charge >= 0.3 is 0 Å². The van der Waals surface area contributed by atoms with Crippen LogP contribution < -0.4 is 0 Å². The van der Waals surface area contributed by atoms with Crippen molar-refractivity contribution in [1.29, 1.82) is 5.26 Å². The molecule has 6 heteroatoms. The van der Waals surface area contributed by atoms with Gasteiger partial charge in [-0.25, -0.2) is 4.98 Å². The van der Waals surface area contributed by atoms with Gasteiger partial charge in [0.05, 0.1) is 9.35 Å². The normalized spacial score (nSPS) is 9.95. The standard InChI is InChI=1S/C13H10BrN3OS/c1-17(7-10-4-12(14)19-8-10)13(18)11-3-2-9(5-15)6-16-11/h2-4,6,8H,7H2,1H3. The largest absolute Gasteiger partial charge is 0.336 e. The van der Waals surface area contributed by atoms with Gasteiger partial charge in [-0.2, -0.15) is 5.26 Å². The zero-order valence-electron chi connectivity index (χ0n) is 10.1. The van der Waals surface area contributed by atoms with Gasteiger partial charge in [-0.3, -0.25) is 4.79 Å². The van der Waals surface area contributed by atoms with E-state index in [9.17, 15) is 4.79 Å². The number of carbonyl (C=O) groups is 1. The lowest BCUT2D eigenvalue weighted by Crippen LogP contribution is -2.26. The van der Waals surface area contributed by atoms with Gasteiger partial charge in [-0.15, -0.1) is 11.3 Å². The fraction of sp³-hybridized carbons (Fsp3) is 0.154. The molecule has 0 saturated heterocycles. The third kappa shape index (κ3) is 3.40. The Kier molecular flexibility index (Phi) is 4.30. The summed E-state index contributed by atoms with van der Waals surface area (Å²) in [5.74, 6) is -0.160. The van der Waals surface area contributed by atoms with Crippen LogP contribution in [0.1, 0.15) is 21.6 Å². The number of nitriles is 1. The highest BCUT2D eigenvalue weighted by Gasteiger charge is 2.13. The van der Waals surface area contributed by atoms with Crippen LogP contribution in [0.4, 0.5) is 0 Å². The molecule has 1 amide bonds. The van der Waals surface area contributed by atoms with Crippen LogP contribution in [0.3, 0.4) is 0 Å². The van der Waals surface area contributed by atoms with Crippen molar-refractivity contribution in [1.82, 2.24) is 9.88 Å². The van der Waals surface area contributed by atoms with Crippen LogP contribution in [-0.4, -0.2) is 22.8 Å². The Balaban J connectivity index is 2.08. The molecule has 0 atom stereocenters. The van der Waals surface area contributed by atoms with Crippen molar-refractivity contribution in [3.63, 3.8) is 0 Å². The number of carbonyl (C=O) groups excluding carboxylic acids is 1. The molecule has 2 heterocycles. The Labute approximate surface area is 123 Å². The molecule has 0 saturated carbocycles. The number of nitrogens with zero attached hydrogens (tertiary/aromatic N) is 3. The Morgan fingerprint density at radius 1 is 1.58 bits per heavy atom. The van der Waals surface area contributed by atoms with E-state index in [-0.39, 0.29) is 5.91 Å². The molecule has 2 aromatic rings. The molecular formula is C13H10BrN3OS. The summed E-state index contributed by atoms with van der Waals surface area (Å²) in [5, 5.41) is 10.7. The van der Waals surface area contributed by atoms with Gasteiger partial charge in [-0.1, -0.05) is 0 Å². The maximum atomic E-state index is 12.1. The summed E-state index contributed by atoms with van der Waals surface area (Å²) < 4.78 is 1.04. The van der Waals surface area contributed by atoms with Crippen LogP contribution in [0.15, 0.2) is 33.6 Å². The molecule has 0 aliphatic rings. The summed E-state index contributed by atoms with van der Waals surface area (Å²) in [7, 11) is 1.73. The molecule has 4 nitrogen and oxygen atoms in total. The van der Waals surface area contributed by atoms with Gasteiger partial charge in [-0.05, 0) is 45.1 Å². The van der Waals surface area contributed by atoms with E-state index in [0.717, 1.165) is 9.35 Å². The predicted molar refractivity (Wildman–Crippen MR) is 76.8 cm³/mol. The molecule has 96 valence electrons. The van der Waals surface area contributed by atoms with E-state index in [1.165, 1.54) is 6.20 Å². The van der Waals surface area contributed by atoms with Gasteiger partial charge in [0.2, 0.25) is 0 Å². The van der Waals surface area contributed by atoms with E-state index in [4.69, 9.17) is 5.26 Å². The van der Waals surface area contributed by atoms with Crippen molar-refractivity contribution in [2.75, 3.05) is 7.05 Å². The molecule has 0 unspecified atom stereocenters. The van der Waals surface area contributed by atoms with E-state index in [1.54, 1.807) is 35.4 Å². The average molecular weight is 336 g/mol. The van der Waals surface area contributed by atoms with Crippen molar-refractivity contribution in [2.24, 2.45) is 0 Å². The fourth-order valence-electron chi connectivity index (χ4n) is 1.56. The first kappa shape index (κ1) is 13.7. The molecule has 0 bridgehead atoms. The Morgan fingerprint density at radius 3 is 2.89 bits per heavy atom. The number of hydrogen-bond donors (Lipinski definition) is 0. The molecule has 0 aromatic carbocycles. The Morgan fingerprint density at radius 2 is 2.37 bits per heavy atom. The minimum atomic E-state index is -0.160. The van der Waals surface area contributed by atoms with E-state index in [0.29, 0.717) is 17.8 Å². The number of halogens is 1. The van der Waals surface area contributed by atoms with Gasteiger partial charge in [0.25, 0.3) is 5.91 Å². The highest BCUT2D eigenvalue weighted by molar-refractivity contribution is 9.11. The summed E-state index contributed by atoms with van der Waals surface area (Å²) in [6.45, 7) is 0.530. The van der Waals surface area contributed by atoms with Crippen molar-refractivity contribution < 1.29 is 4.79 Å². The molecular weight excluding hydrogens is 326 g/mol. The summed E-state index contributed by atoms with van der Waals surface area (Å²) >= 11 is 4.98. The first-order valence-electron chi connectivity index (χ1n) is 5.44. The van der Waals surface area contributed by atoms with Gasteiger partial charge in [0.1, 0.15) is 11.8 Å². The van der Waals surface area contributed by atoms with Gasteiger partial charge in [0, 0.05) is 19.8 Å². The Bertz CT molecular complexity index is 630. The molecule has 2 rings (SSSR count). The second-order valence-electron chi connectivity index (χ2n) is 3.96. The summed E-state index contributed by atoms with van der Waals surface area (Å²) in [6.07, 6.45) is 1.41. The lowest BCUT2D eigenvalue weighted by atomic mass is 10.2. The van der Waals surface area contributed by atoms with E-state index in [1.807, 2.05) is 17.5 Å². The second-order valence-corrected chi connectivity index (χ2v) is 6.25. The summed E-state index contributed by atoms with van der Waals surface area (Å²) in [4.78, 5) is 17.7. The number of thiophene rings is 1. The molecule has 0 spiro atoms. The second kappa shape index (κ2) is 5.95. The SMILES string of the molecule is CN(Cc1csc(Br)c1)C(=O)c1ccc(C#N)cn1. The summed E-state index contributed by atoms with van der Waals surface area (Å²) in [5.41, 5.74) is 1.86. The monoisotopic (exact) mass is 335 g/mol. The first-order valence-corrected chi connectivity index (χ1v) is 7.12. The topological polar surface area (TPSA) is 57.0 Å². The van der Waals surface area contributed by atoms with Crippen LogP contribution in [0, 0.1) is 11.3 Å². The number of hydrogen-bond acceptors (Lipinski definition) is 4. The van der Waals surface area contributed by atoms with Crippen molar-refractivity contribution in [3.8, 4) is 6.07 Å². The molecule has 0 fully saturated rings. The average Bonchev–Trinajstić information content (AvgIpc) is 2.83. The zero-order chi connectivity index (χ0) is 13.8. The molecule has 2 aromatic heterocycles. The number of pyridine rings is 1. The third-order valence-electron chi connectivity index (χ3n) is 2.50. The maximum Gasteiger partial charge on any atom is 0.272 e. The number of aromatic nitrogens is 1. The molecule has 0 aliphatic heterocycles. The van der Waals surface area contributed by atoms with Crippen LogP contribution in [0.25, 0.3) is 0 Å².